The van der Waals surface area contributed by atoms with Crippen molar-refractivity contribution in [1.82, 2.24) is 9.55 Å². The van der Waals surface area contributed by atoms with Crippen molar-refractivity contribution in [2.75, 3.05) is 18.0 Å². The van der Waals surface area contributed by atoms with Crippen molar-refractivity contribution in [3.63, 3.8) is 0 Å². The quantitative estimate of drug-likeness (QED) is 0.578. The molecule has 5 nitrogen and oxygen atoms in total. The number of benzene rings is 2. The topological polar surface area (TPSA) is 58.1 Å². The van der Waals surface area contributed by atoms with Crippen molar-refractivity contribution in [3.8, 4) is 11.4 Å². The molecule has 0 radical (unpaired) electrons. The first-order valence-electron chi connectivity index (χ1n) is 9.34. The van der Waals surface area contributed by atoms with Gasteiger partial charge >= 0.3 is 0 Å². The summed E-state index contributed by atoms with van der Waals surface area (Å²) in [5.41, 5.74) is 5.74. The van der Waals surface area contributed by atoms with Gasteiger partial charge in [-0.3, -0.25) is 5.41 Å². The lowest BCUT2D eigenvalue weighted by molar-refractivity contribution is 0.533. The highest BCUT2D eigenvalue weighted by molar-refractivity contribution is 5.89. The summed E-state index contributed by atoms with van der Waals surface area (Å²) in [5.74, 6) is 0.761. The van der Waals surface area contributed by atoms with E-state index < -0.39 is 0 Å². The van der Waals surface area contributed by atoms with E-state index in [4.69, 9.17) is 14.8 Å². The van der Waals surface area contributed by atoms with Crippen LogP contribution in [0, 0.1) is 12.3 Å². The third-order valence-electron chi connectivity index (χ3n) is 5.32. The number of nitrogens with one attached hydrogen (secondary N) is 1. The summed E-state index contributed by atoms with van der Waals surface area (Å²) in [4.78, 5) is 7.03. The molecule has 2 aromatic carbocycles. The lowest BCUT2D eigenvalue weighted by Gasteiger charge is -2.21. The smallest absolute Gasteiger partial charge is 0.223 e. The Bertz CT molecular complexity index is 1200. The van der Waals surface area contributed by atoms with Gasteiger partial charge in [0.1, 0.15) is 11.4 Å². The minimum absolute atomic E-state index is 0.148. The van der Waals surface area contributed by atoms with Crippen LogP contribution in [0.5, 0.6) is 0 Å². The number of fused-ring (bicyclic) bond motifs is 2. The maximum atomic E-state index is 8.54. The van der Waals surface area contributed by atoms with Crippen molar-refractivity contribution in [2.24, 2.45) is 7.05 Å². The second-order valence-electron chi connectivity index (χ2n) is 6.77. The molecule has 0 unspecified atom stereocenters. The second kappa shape index (κ2) is 6.58. The Labute approximate surface area is 158 Å². The molecule has 4 rings (SSSR count). The van der Waals surface area contributed by atoms with Gasteiger partial charge in [-0.05, 0) is 50.6 Å². The van der Waals surface area contributed by atoms with Crippen LogP contribution in [0.4, 0.5) is 5.69 Å². The van der Waals surface area contributed by atoms with Crippen LogP contribution in [0.25, 0.3) is 33.4 Å². The van der Waals surface area contributed by atoms with Gasteiger partial charge in [-0.2, -0.15) is 0 Å². The molecule has 2 heterocycles. The molecule has 0 bridgehead atoms. The maximum Gasteiger partial charge on any atom is 0.223 e. The zero-order chi connectivity index (χ0) is 19.1. The van der Waals surface area contributed by atoms with Crippen LogP contribution in [-0.2, 0) is 7.05 Å². The monoisotopic (exact) mass is 360 g/mol. The molecular formula is C22H24N4O. The Morgan fingerprint density at radius 1 is 1.11 bits per heavy atom. The number of para-hydroxylation sites is 2. The molecule has 138 valence electrons. The van der Waals surface area contributed by atoms with E-state index in [-0.39, 0.29) is 5.55 Å². The van der Waals surface area contributed by atoms with Crippen LogP contribution in [0.3, 0.4) is 0 Å². The van der Waals surface area contributed by atoms with Crippen LogP contribution in [0.1, 0.15) is 19.4 Å². The number of rotatable bonds is 4. The van der Waals surface area contributed by atoms with Crippen LogP contribution < -0.4 is 10.5 Å². The zero-order valence-electron chi connectivity index (χ0n) is 16.2. The zero-order valence-corrected chi connectivity index (χ0v) is 16.2. The fourth-order valence-corrected chi connectivity index (χ4v) is 3.80. The molecule has 0 amide bonds. The van der Waals surface area contributed by atoms with E-state index in [1.165, 1.54) is 0 Å². The largest absolute Gasteiger partial charge is 0.438 e. The fraction of sp³-hybridized carbons (Fsp3) is 0.273. The standard InChI is InChI=1S/C22H24N4O/c1-5-26(6-2)15-11-12-16-14(3)20(21(23)27-19(16)13-15)22-24-17-9-7-8-10-18(17)25(22)4/h7-13,23H,5-6H2,1-4H3. The first kappa shape index (κ1) is 17.3. The molecule has 0 saturated heterocycles. The Morgan fingerprint density at radius 3 is 2.56 bits per heavy atom. The lowest BCUT2D eigenvalue weighted by Crippen LogP contribution is -2.21. The lowest BCUT2D eigenvalue weighted by atomic mass is 10.0. The van der Waals surface area contributed by atoms with Gasteiger partial charge in [0, 0.05) is 37.3 Å². The van der Waals surface area contributed by atoms with E-state index >= 15 is 0 Å². The Balaban J connectivity index is 1.95. The molecule has 1 N–H and O–H groups in total. The van der Waals surface area contributed by atoms with Crippen LogP contribution in [0.15, 0.2) is 46.9 Å². The van der Waals surface area contributed by atoms with Crippen LogP contribution in [0.2, 0.25) is 0 Å². The normalized spacial score (nSPS) is 11.4. The summed E-state index contributed by atoms with van der Waals surface area (Å²) in [6.07, 6.45) is 0. The number of aryl methyl sites for hydroxylation is 2. The van der Waals surface area contributed by atoms with E-state index in [1.54, 1.807) is 0 Å². The Kier molecular flexibility index (Phi) is 4.22. The second-order valence-corrected chi connectivity index (χ2v) is 6.77. The summed E-state index contributed by atoms with van der Waals surface area (Å²) in [6, 6.07) is 14.3. The average molecular weight is 360 g/mol. The molecule has 2 aromatic heterocycles. The Morgan fingerprint density at radius 2 is 1.85 bits per heavy atom. The summed E-state index contributed by atoms with van der Waals surface area (Å²) in [7, 11) is 1.98. The van der Waals surface area contributed by atoms with Gasteiger partial charge in [0.05, 0.1) is 16.6 Å². The summed E-state index contributed by atoms with van der Waals surface area (Å²) in [5, 5.41) is 9.55. The van der Waals surface area contributed by atoms with Gasteiger partial charge in [0.25, 0.3) is 0 Å². The fourth-order valence-electron chi connectivity index (χ4n) is 3.80. The van der Waals surface area contributed by atoms with Crippen LogP contribution in [-0.4, -0.2) is 22.6 Å². The Hall–Kier alpha value is -3.08. The summed E-state index contributed by atoms with van der Waals surface area (Å²) in [6.45, 7) is 8.20. The molecule has 0 aliphatic rings. The molecule has 0 atom stereocenters. The molecule has 0 aliphatic carbocycles. The molecule has 5 heteroatoms. The highest BCUT2D eigenvalue weighted by atomic mass is 16.3. The predicted octanol–water partition coefficient (Wildman–Crippen LogP) is 4.62. The molecule has 4 aromatic rings. The number of anilines is 1. The van der Waals surface area contributed by atoms with Crippen molar-refractivity contribution in [1.29, 1.82) is 5.41 Å². The number of hydrogen-bond acceptors (Lipinski definition) is 4. The van der Waals surface area contributed by atoms with Gasteiger partial charge in [-0.25, -0.2) is 4.98 Å². The van der Waals surface area contributed by atoms with E-state index in [1.807, 2.05) is 48.9 Å². The van der Waals surface area contributed by atoms with Gasteiger partial charge < -0.3 is 13.9 Å². The molecule has 0 spiro atoms. The number of nitrogens with zero attached hydrogens (tertiary/aromatic N) is 3. The van der Waals surface area contributed by atoms with E-state index in [9.17, 15) is 0 Å². The highest BCUT2D eigenvalue weighted by Gasteiger charge is 2.18. The number of imidazole rings is 1. The number of aromatic nitrogens is 2. The van der Waals surface area contributed by atoms with Crippen molar-refractivity contribution in [2.45, 2.75) is 20.8 Å². The molecule has 0 saturated carbocycles. The SMILES string of the molecule is CCN(CC)c1ccc2c(C)c(-c3nc4ccccc4n3C)c(=N)oc2c1. The first-order valence-corrected chi connectivity index (χ1v) is 9.34. The van der Waals surface area contributed by atoms with Gasteiger partial charge in [0.2, 0.25) is 5.55 Å². The van der Waals surface area contributed by atoms with E-state index in [0.29, 0.717) is 0 Å². The van der Waals surface area contributed by atoms with Gasteiger partial charge in [-0.15, -0.1) is 0 Å². The maximum absolute atomic E-state index is 8.54. The first-order chi connectivity index (χ1) is 13.0. The van der Waals surface area contributed by atoms with Crippen molar-refractivity contribution >= 4 is 27.7 Å². The molecule has 27 heavy (non-hydrogen) atoms. The predicted molar refractivity (Wildman–Crippen MR) is 110 cm³/mol. The minimum atomic E-state index is 0.148. The number of hydrogen-bond donors (Lipinski definition) is 1. The minimum Gasteiger partial charge on any atom is -0.438 e. The summed E-state index contributed by atoms with van der Waals surface area (Å²) >= 11 is 0. The summed E-state index contributed by atoms with van der Waals surface area (Å²) < 4.78 is 7.97. The van der Waals surface area contributed by atoms with E-state index in [2.05, 4.69) is 30.9 Å². The highest BCUT2D eigenvalue weighted by Crippen LogP contribution is 2.30. The van der Waals surface area contributed by atoms with E-state index in [0.717, 1.165) is 57.7 Å². The molecule has 0 aliphatic heterocycles. The third kappa shape index (κ3) is 2.70. The van der Waals surface area contributed by atoms with Gasteiger partial charge in [-0.1, -0.05) is 12.1 Å². The van der Waals surface area contributed by atoms with Gasteiger partial charge in [0.15, 0.2) is 0 Å². The van der Waals surface area contributed by atoms with Crippen molar-refractivity contribution < 1.29 is 4.42 Å². The molecular weight excluding hydrogens is 336 g/mol. The van der Waals surface area contributed by atoms with Crippen molar-refractivity contribution in [3.05, 3.63) is 53.6 Å². The average Bonchev–Trinajstić information content (AvgIpc) is 2.99. The third-order valence-corrected chi connectivity index (χ3v) is 5.32. The molecule has 0 fully saturated rings. The van der Waals surface area contributed by atoms with Crippen LogP contribution >= 0.6 is 0 Å².